The summed E-state index contributed by atoms with van der Waals surface area (Å²) in [7, 11) is 0. The monoisotopic (exact) mass is 366 g/mol. The number of nitrogens with zero attached hydrogens (tertiary/aromatic N) is 1. The molecule has 6 heteroatoms. The summed E-state index contributed by atoms with van der Waals surface area (Å²) in [6.07, 6.45) is 0.675. The van der Waals surface area contributed by atoms with E-state index in [1.165, 1.54) is 0 Å². The van der Waals surface area contributed by atoms with Crippen molar-refractivity contribution in [2.45, 2.75) is 43.4 Å². The first-order chi connectivity index (χ1) is 11.5. The van der Waals surface area contributed by atoms with Gasteiger partial charge in [0.2, 0.25) is 11.8 Å². The lowest BCUT2D eigenvalue weighted by Crippen LogP contribution is -2.50. The summed E-state index contributed by atoms with van der Waals surface area (Å²) >= 11 is 3.27. The lowest BCUT2D eigenvalue weighted by molar-refractivity contribution is -0.135. The van der Waals surface area contributed by atoms with Crippen LogP contribution in [0.2, 0.25) is 0 Å². The summed E-state index contributed by atoms with van der Waals surface area (Å²) in [5.41, 5.74) is 0. The summed E-state index contributed by atoms with van der Waals surface area (Å²) in [5, 5.41) is 2.84. The van der Waals surface area contributed by atoms with Crippen LogP contribution in [-0.4, -0.2) is 46.2 Å². The molecule has 24 heavy (non-hydrogen) atoms. The zero-order chi connectivity index (χ0) is 17.5. The van der Waals surface area contributed by atoms with Crippen LogP contribution in [0, 0.1) is 5.92 Å². The van der Waals surface area contributed by atoms with Gasteiger partial charge in [-0.3, -0.25) is 9.59 Å². The van der Waals surface area contributed by atoms with E-state index in [1.54, 1.807) is 23.5 Å². The van der Waals surface area contributed by atoms with Gasteiger partial charge in [0, 0.05) is 17.2 Å². The largest absolute Gasteiger partial charge is 0.343 e. The molecule has 2 rings (SSSR count). The van der Waals surface area contributed by atoms with Crippen LogP contribution in [0.5, 0.6) is 0 Å². The minimum Gasteiger partial charge on any atom is -0.343 e. The molecule has 1 heterocycles. The van der Waals surface area contributed by atoms with Crippen LogP contribution in [0.1, 0.15) is 27.2 Å². The van der Waals surface area contributed by atoms with E-state index < -0.39 is 6.04 Å². The molecule has 0 saturated carbocycles. The van der Waals surface area contributed by atoms with Gasteiger partial charge in [-0.05, 0) is 31.4 Å². The summed E-state index contributed by atoms with van der Waals surface area (Å²) in [4.78, 5) is 28.2. The molecule has 1 aliphatic heterocycles. The molecule has 1 aromatic carbocycles. The van der Waals surface area contributed by atoms with E-state index in [2.05, 4.69) is 31.3 Å². The molecule has 2 atom stereocenters. The Labute approximate surface area is 153 Å². The third kappa shape index (κ3) is 5.74. The second-order valence-corrected chi connectivity index (χ2v) is 8.86. The number of rotatable bonds is 5. The maximum absolute atomic E-state index is 12.9. The highest BCUT2D eigenvalue weighted by Gasteiger charge is 2.30. The van der Waals surface area contributed by atoms with Crippen LogP contribution in [-0.2, 0) is 9.59 Å². The highest BCUT2D eigenvalue weighted by molar-refractivity contribution is 8.00. The van der Waals surface area contributed by atoms with Gasteiger partial charge in [-0.15, -0.1) is 23.5 Å². The molecule has 2 amide bonds. The van der Waals surface area contributed by atoms with Gasteiger partial charge in [0.1, 0.15) is 6.04 Å². The van der Waals surface area contributed by atoms with Gasteiger partial charge in [0.25, 0.3) is 0 Å². The molecule has 1 aliphatic rings. The minimum absolute atomic E-state index is 0.0310. The van der Waals surface area contributed by atoms with Gasteiger partial charge in [0.15, 0.2) is 0 Å². The molecule has 4 nitrogen and oxygen atoms in total. The Kier molecular flexibility index (Phi) is 7.49. The summed E-state index contributed by atoms with van der Waals surface area (Å²) < 4.78 is 0. The van der Waals surface area contributed by atoms with E-state index in [0.717, 1.165) is 10.6 Å². The Bertz CT molecular complexity index is 551. The Balaban J connectivity index is 2.09. The number of carbonyl (C=O) groups is 2. The van der Waals surface area contributed by atoms with Crippen molar-refractivity contribution in [1.82, 2.24) is 10.2 Å². The van der Waals surface area contributed by atoms with E-state index in [-0.39, 0.29) is 17.1 Å². The van der Waals surface area contributed by atoms with Crippen molar-refractivity contribution < 1.29 is 9.59 Å². The second-order valence-electron chi connectivity index (χ2n) is 6.39. The van der Waals surface area contributed by atoms with Crippen LogP contribution in [0.25, 0.3) is 0 Å². The van der Waals surface area contributed by atoms with Gasteiger partial charge in [0.05, 0.1) is 11.1 Å². The van der Waals surface area contributed by atoms with Crippen LogP contribution < -0.4 is 5.32 Å². The normalized spacial score (nSPS) is 22.8. The van der Waals surface area contributed by atoms with Crippen molar-refractivity contribution >= 4 is 35.3 Å². The fourth-order valence-electron chi connectivity index (χ4n) is 2.53. The third-order valence-corrected chi connectivity index (χ3v) is 6.04. The Morgan fingerprint density at radius 2 is 2.00 bits per heavy atom. The molecule has 1 unspecified atom stereocenters. The molecule has 0 aromatic heterocycles. The van der Waals surface area contributed by atoms with E-state index in [1.807, 2.05) is 30.0 Å². The topological polar surface area (TPSA) is 49.4 Å². The molecule has 1 saturated heterocycles. The Hall–Kier alpha value is -1.14. The van der Waals surface area contributed by atoms with Crippen LogP contribution in [0.3, 0.4) is 0 Å². The highest BCUT2D eigenvalue weighted by atomic mass is 32.2. The average molecular weight is 367 g/mol. The quantitative estimate of drug-likeness (QED) is 0.813. The summed E-state index contributed by atoms with van der Waals surface area (Å²) in [6.45, 7) is 6.74. The Morgan fingerprint density at radius 1 is 1.29 bits per heavy atom. The predicted molar refractivity (Wildman–Crippen MR) is 102 cm³/mol. The van der Waals surface area contributed by atoms with Crippen molar-refractivity contribution in [1.29, 1.82) is 0 Å². The second kappa shape index (κ2) is 9.37. The van der Waals surface area contributed by atoms with E-state index in [9.17, 15) is 9.59 Å². The standard InChI is InChI=1S/C18H26N2O2S2/c1-13(2)11-16-18(22)20(9-10-23-14(3)17(21)19-16)12-24-15-7-5-4-6-8-15/h4-8,13-14,16H,9-12H2,1-3H3,(H,19,21)/t14-,16?/m0/s1. The van der Waals surface area contributed by atoms with E-state index in [4.69, 9.17) is 0 Å². The minimum atomic E-state index is -0.421. The molecule has 0 bridgehead atoms. The van der Waals surface area contributed by atoms with Crippen LogP contribution in [0.4, 0.5) is 0 Å². The average Bonchev–Trinajstić information content (AvgIpc) is 2.60. The molecule has 1 aromatic rings. The molecule has 1 N–H and O–H groups in total. The molecule has 0 radical (unpaired) electrons. The summed E-state index contributed by atoms with van der Waals surface area (Å²) in [5.74, 6) is 1.75. The zero-order valence-electron chi connectivity index (χ0n) is 14.5. The van der Waals surface area contributed by atoms with E-state index in [0.29, 0.717) is 24.8 Å². The lowest BCUT2D eigenvalue weighted by Gasteiger charge is -2.27. The van der Waals surface area contributed by atoms with Crippen molar-refractivity contribution in [3.8, 4) is 0 Å². The number of benzene rings is 1. The van der Waals surface area contributed by atoms with Gasteiger partial charge in [-0.1, -0.05) is 32.0 Å². The first kappa shape index (κ1) is 19.2. The molecule has 1 fully saturated rings. The molecular formula is C18H26N2O2S2. The van der Waals surface area contributed by atoms with Crippen molar-refractivity contribution in [3.63, 3.8) is 0 Å². The maximum Gasteiger partial charge on any atom is 0.245 e. The summed E-state index contributed by atoms with van der Waals surface area (Å²) in [6, 6.07) is 9.67. The number of thioether (sulfide) groups is 2. The van der Waals surface area contributed by atoms with Crippen molar-refractivity contribution in [3.05, 3.63) is 30.3 Å². The number of hydrogen-bond acceptors (Lipinski definition) is 4. The van der Waals surface area contributed by atoms with Gasteiger partial charge < -0.3 is 10.2 Å². The van der Waals surface area contributed by atoms with Gasteiger partial charge >= 0.3 is 0 Å². The van der Waals surface area contributed by atoms with Crippen LogP contribution in [0.15, 0.2) is 35.2 Å². The number of amides is 2. The molecular weight excluding hydrogens is 340 g/mol. The smallest absolute Gasteiger partial charge is 0.245 e. The first-order valence-corrected chi connectivity index (χ1v) is 10.4. The number of nitrogens with one attached hydrogen (secondary N) is 1. The molecule has 132 valence electrons. The third-order valence-electron chi connectivity index (χ3n) is 3.86. The zero-order valence-corrected chi connectivity index (χ0v) is 16.2. The predicted octanol–water partition coefficient (Wildman–Crippen LogP) is 3.23. The Morgan fingerprint density at radius 3 is 2.67 bits per heavy atom. The highest BCUT2D eigenvalue weighted by Crippen LogP contribution is 2.22. The first-order valence-electron chi connectivity index (χ1n) is 8.36. The van der Waals surface area contributed by atoms with Crippen molar-refractivity contribution in [2.75, 3.05) is 18.2 Å². The maximum atomic E-state index is 12.9. The van der Waals surface area contributed by atoms with Gasteiger partial charge in [-0.2, -0.15) is 0 Å². The lowest BCUT2D eigenvalue weighted by atomic mass is 10.0. The fraction of sp³-hybridized carbons (Fsp3) is 0.556. The van der Waals surface area contributed by atoms with E-state index >= 15 is 0 Å². The van der Waals surface area contributed by atoms with Gasteiger partial charge in [-0.25, -0.2) is 0 Å². The number of carbonyl (C=O) groups excluding carboxylic acids is 2. The number of hydrogen-bond donors (Lipinski definition) is 1. The van der Waals surface area contributed by atoms with Crippen LogP contribution >= 0.6 is 23.5 Å². The molecule has 0 spiro atoms. The molecule has 0 aliphatic carbocycles. The van der Waals surface area contributed by atoms with Crippen molar-refractivity contribution in [2.24, 2.45) is 5.92 Å². The fourth-order valence-corrected chi connectivity index (χ4v) is 4.33. The SMILES string of the molecule is CC(C)CC1NC(=O)[C@H](C)SCCN(CSc2ccccc2)C1=O.